The fraction of sp³-hybridized carbons (Fsp3) is 0.219. The van der Waals surface area contributed by atoms with Crippen LogP contribution in [0.5, 0.6) is 0 Å². The molecule has 13 heteroatoms. The Labute approximate surface area is 262 Å². The van der Waals surface area contributed by atoms with Gasteiger partial charge in [0.1, 0.15) is 18.1 Å². The fourth-order valence-electron chi connectivity index (χ4n) is 5.33. The molecule has 0 spiro atoms. The van der Waals surface area contributed by atoms with E-state index in [-0.39, 0.29) is 42.6 Å². The number of para-hydroxylation sites is 2. The molecule has 1 saturated heterocycles. The molecule has 2 aliphatic rings. The number of nitrogens with zero attached hydrogens (tertiary/aromatic N) is 5. The van der Waals surface area contributed by atoms with Crippen LogP contribution in [-0.2, 0) is 23.2 Å². The number of fused-ring (bicyclic) bond motifs is 1. The molecule has 45 heavy (non-hydrogen) atoms. The number of aromatic nitrogens is 3. The predicted octanol–water partition coefficient (Wildman–Crippen LogP) is 4.05. The van der Waals surface area contributed by atoms with Crippen LogP contribution in [0.4, 0.5) is 11.6 Å². The third-order valence-electron chi connectivity index (χ3n) is 7.84. The first-order valence-electron chi connectivity index (χ1n) is 14.5. The minimum atomic E-state index is -0.843. The van der Waals surface area contributed by atoms with Gasteiger partial charge >= 0.3 is 5.88 Å². The van der Waals surface area contributed by atoms with Crippen LogP contribution in [0, 0.1) is 0 Å². The Balaban J connectivity index is 1.07. The molecule has 1 unspecified atom stereocenters. The second kappa shape index (κ2) is 11.6. The normalized spacial score (nSPS) is 16.4. The number of carbonyl (C=O) groups is 3. The summed E-state index contributed by atoms with van der Waals surface area (Å²) in [6.45, 7) is 0.0926. The van der Waals surface area contributed by atoms with Crippen molar-refractivity contribution in [3.63, 3.8) is 0 Å². The van der Waals surface area contributed by atoms with Crippen LogP contribution in [0.15, 0.2) is 87.8 Å². The van der Waals surface area contributed by atoms with Gasteiger partial charge in [-0.25, -0.2) is 4.98 Å². The molecule has 2 fully saturated rings. The number of thiocarbonyl (C=S) groups is 1. The maximum absolute atomic E-state index is 13.6. The summed E-state index contributed by atoms with van der Waals surface area (Å²) in [6.07, 6.45) is 1.57. The van der Waals surface area contributed by atoms with E-state index >= 15 is 0 Å². The highest BCUT2D eigenvalue weighted by Crippen LogP contribution is 2.35. The van der Waals surface area contributed by atoms with Crippen LogP contribution in [0.2, 0.25) is 0 Å². The Bertz CT molecular complexity index is 1900. The number of hydrogen-bond acceptors (Lipinski definition) is 8. The van der Waals surface area contributed by atoms with Gasteiger partial charge < -0.3 is 14.6 Å². The molecule has 1 atom stereocenters. The summed E-state index contributed by atoms with van der Waals surface area (Å²) in [5.74, 6) is -0.324. The molecule has 12 nitrogen and oxygen atoms in total. The standard InChI is InChI=1S/C32H27N7O5S/c1-37-25(30(44-36-37)35-28(41)19-7-3-2-4-8-19)18-38-24(31(42)39(32(38)45)22-15-16-22)17-27(40)33-21-13-11-20(12-14-21)29-34-23-9-5-6-10-26(23)43-29/h2-14,22,24H,15-18H2,1H3,(H-,33,34,35,36,40,41)/p+1. The Hall–Kier alpha value is -5.43. The molecule has 226 valence electrons. The van der Waals surface area contributed by atoms with Crippen LogP contribution in [0.25, 0.3) is 22.6 Å². The van der Waals surface area contributed by atoms with Crippen LogP contribution in [0.3, 0.4) is 0 Å². The van der Waals surface area contributed by atoms with Crippen LogP contribution in [0.1, 0.15) is 35.3 Å². The number of benzene rings is 3. The van der Waals surface area contributed by atoms with Gasteiger partial charge in [-0.2, -0.15) is 0 Å². The first-order valence-corrected chi connectivity index (χ1v) is 14.9. The quantitative estimate of drug-likeness (QED) is 0.184. The second-order valence-electron chi connectivity index (χ2n) is 11.0. The topological polar surface area (TPSA) is 138 Å². The van der Waals surface area contributed by atoms with E-state index in [9.17, 15) is 14.4 Å². The van der Waals surface area contributed by atoms with Gasteiger partial charge in [0.25, 0.3) is 17.5 Å². The molecule has 3 aromatic carbocycles. The van der Waals surface area contributed by atoms with Gasteiger partial charge in [-0.1, -0.05) is 30.3 Å². The highest BCUT2D eigenvalue weighted by atomic mass is 32.1. The van der Waals surface area contributed by atoms with E-state index in [4.69, 9.17) is 21.2 Å². The summed E-state index contributed by atoms with van der Waals surface area (Å²) >= 11 is 5.76. The van der Waals surface area contributed by atoms with E-state index in [0.29, 0.717) is 33.5 Å². The van der Waals surface area contributed by atoms with Gasteiger partial charge in [0, 0.05) is 22.9 Å². The lowest BCUT2D eigenvalue weighted by Gasteiger charge is -2.22. The smallest absolute Gasteiger partial charge is 0.307 e. The van der Waals surface area contributed by atoms with Crippen molar-refractivity contribution >= 4 is 57.7 Å². The van der Waals surface area contributed by atoms with Crippen molar-refractivity contribution in [2.45, 2.75) is 37.9 Å². The number of rotatable bonds is 9. The van der Waals surface area contributed by atoms with E-state index in [1.54, 1.807) is 53.2 Å². The summed E-state index contributed by atoms with van der Waals surface area (Å²) in [7, 11) is 1.67. The van der Waals surface area contributed by atoms with Crippen molar-refractivity contribution in [3.8, 4) is 11.5 Å². The minimum Gasteiger partial charge on any atom is -0.436 e. The van der Waals surface area contributed by atoms with Gasteiger partial charge in [-0.15, -0.1) is 0 Å². The largest absolute Gasteiger partial charge is 0.436 e. The van der Waals surface area contributed by atoms with Crippen LogP contribution in [-0.4, -0.2) is 55.0 Å². The molecule has 2 aromatic heterocycles. The molecule has 3 heterocycles. The molecule has 1 saturated carbocycles. The van der Waals surface area contributed by atoms with Crippen molar-refractivity contribution in [1.82, 2.24) is 20.1 Å². The number of aryl methyl sites for hydroxylation is 1. The zero-order valence-corrected chi connectivity index (χ0v) is 25.0. The van der Waals surface area contributed by atoms with Crippen molar-refractivity contribution in [1.29, 1.82) is 0 Å². The van der Waals surface area contributed by atoms with E-state index in [0.717, 1.165) is 23.9 Å². The summed E-state index contributed by atoms with van der Waals surface area (Å²) < 4.78 is 12.7. The van der Waals surface area contributed by atoms with Crippen molar-refractivity contribution < 1.29 is 28.0 Å². The number of oxazole rings is 1. The Morgan fingerprint density at radius 2 is 1.73 bits per heavy atom. The number of nitrogens with one attached hydrogen (secondary N) is 2. The molecule has 2 N–H and O–H groups in total. The predicted molar refractivity (Wildman–Crippen MR) is 167 cm³/mol. The van der Waals surface area contributed by atoms with Crippen LogP contribution >= 0.6 is 12.2 Å². The molecular formula is C32H28N7O5S+. The zero-order valence-electron chi connectivity index (χ0n) is 24.2. The highest BCUT2D eigenvalue weighted by molar-refractivity contribution is 7.80. The van der Waals surface area contributed by atoms with E-state index in [2.05, 4.69) is 20.9 Å². The fourth-order valence-corrected chi connectivity index (χ4v) is 5.76. The Morgan fingerprint density at radius 1 is 1.00 bits per heavy atom. The van der Waals surface area contributed by atoms with Crippen molar-refractivity contribution in [2.24, 2.45) is 7.05 Å². The first-order chi connectivity index (χ1) is 21.9. The van der Waals surface area contributed by atoms with Gasteiger partial charge in [-0.05, 0) is 78.3 Å². The zero-order chi connectivity index (χ0) is 31.1. The van der Waals surface area contributed by atoms with E-state index in [1.165, 1.54) is 4.68 Å². The van der Waals surface area contributed by atoms with Gasteiger partial charge in [0.15, 0.2) is 17.7 Å². The molecule has 0 radical (unpaired) electrons. The van der Waals surface area contributed by atoms with Gasteiger partial charge in [-0.3, -0.25) is 29.1 Å². The van der Waals surface area contributed by atoms with Crippen molar-refractivity contribution in [2.75, 3.05) is 10.6 Å². The third-order valence-corrected chi connectivity index (χ3v) is 8.27. The lowest BCUT2D eigenvalue weighted by Crippen LogP contribution is -2.43. The number of carbonyl (C=O) groups excluding carboxylic acids is 3. The summed E-state index contributed by atoms with van der Waals surface area (Å²) in [6, 6.07) is 22.6. The molecular weight excluding hydrogens is 594 g/mol. The Kier molecular flexibility index (Phi) is 7.29. The SMILES string of the molecule is C[n+]1noc(NC(=O)c2ccccc2)c1CN1C(=S)N(C2CC2)C(=O)C1CC(=O)Nc1ccc(-c2nc3ccccc3o2)cc1. The van der Waals surface area contributed by atoms with E-state index in [1.807, 2.05) is 42.5 Å². The third kappa shape index (κ3) is 5.65. The van der Waals surface area contributed by atoms with E-state index < -0.39 is 6.04 Å². The summed E-state index contributed by atoms with van der Waals surface area (Å²) in [5, 5.41) is 9.95. The van der Waals surface area contributed by atoms with Gasteiger partial charge in [0.2, 0.25) is 17.1 Å². The summed E-state index contributed by atoms with van der Waals surface area (Å²) in [4.78, 5) is 47.6. The van der Waals surface area contributed by atoms with Gasteiger partial charge in [0.05, 0.1) is 6.42 Å². The van der Waals surface area contributed by atoms with Crippen LogP contribution < -0.4 is 15.3 Å². The molecule has 1 aliphatic heterocycles. The molecule has 0 bridgehead atoms. The minimum absolute atomic E-state index is 0.0217. The number of hydrogen-bond donors (Lipinski definition) is 2. The lowest BCUT2D eigenvalue weighted by molar-refractivity contribution is -0.746. The molecule has 3 amide bonds. The second-order valence-corrected chi connectivity index (χ2v) is 11.3. The Morgan fingerprint density at radius 3 is 2.47 bits per heavy atom. The maximum Gasteiger partial charge on any atom is 0.307 e. The summed E-state index contributed by atoms with van der Waals surface area (Å²) in [5.41, 5.74) is 3.73. The maximum atomic E-state index is 13.6. The number of anilines is 2. The molecule has 1 aliphatic carbocycles. The monoisotopic (exact) mass is 622 g/mol. The number of amides is 3. The lowest BCUT2D eigenvalue weighted by atomic mass is 10.1. The average Bonchev–Trinajstić information content (AvgIpc) is 3.62. The van der Waals surface area contributed by atoms with Crippen molar-refractivity contribution in [3.05, 3.63) is 90.1 Å². The average molecular weight is 623 g/mol. The molecule has 5 aromatic rings. The highest BCUT2D eigenvalue weighted by Gasteiger charge is 2.50. The molecule has 7 rings (SSSR count). The first kappa shape index (κ1) is 28.3.